The normalized spacial score (nSPS) is 21.1. The fourth-order valence-corrected chi connectivity index (χ4v) is 5.69. The molecule has 0 saturated carbocycles. The lowest BCUT2D eigenvalue weighted by Crippen LogP contribution is -2.69. The number of hydrogen-bond donors (Lipinski definition) is 2. The highest BCUT2D eigenvalue weighted by Crippen LogP contribution is 2.38. The molecule has 16 nitrogen and oxygen atoms in total. The average Bonchev–Trinajstić information content (AvgIpc) is 2.99. The van der Waals surface area contributed by atoms with Crippen molar-refractivity contribution in [1.82, 2.24) is 10.6 Å². The van der Waals surface area contributed by atoms with Crippen LogP contribution >= 0.6 is 0 Å². The van der Waals surface area contributed by atoms with Gasteiger partial charge in [0, 0.05) is 46.1 Å². The van der Waals surface area contributed by atoms with Crippen molar-refractivity contribution in [2.24, 2.45) is 0 Å². The van der Waals surface area contributed by atoms with Crippen LogP contribution in [0.25, 0.3) is 0 Å². The van der Waals surface area contributed by atoms with E-state index in [4.69, 9.17) is 33.2 Å². The van der Waals surface area contributed by atoms with Gasteiger partial charge in [-0.15, -0.1) is 6.58 Å². The second-order valence-electron chi connectivity index (χ2n) is 13.0. The fourth-order valence-electron chi connectivity index (χ4n) is 5.69. The summed E-state index contributed by atoms with van der Waals surface area (Å²) in [6.07, 6.45) is -6.23. The molecule has 0 aromatic heterocycles. The van der Waals surface area contributed by atoms with E-state index in [9.17, 15) is 33.6 Å². The number of rotatable bonds is 13. The monoisotopic (exact) mass is 720 g/mol. The number of hydrogen-bond acceptors (Lipinski definition) is 14. The Hall–Kier alpha value is -4.99. The first-order chi connectivity index (χ1) is 23.6. The Morgan fingerprint density at radius 3 is 2.02 bits per heavy atom. The molecule has 2 rings (SSSR count). The molecule has 1 heterocycles. The lowest BCUT2D eigenvalue weighted by atomic mass is 9.81. The molecule has 0 bridgehead atoms. The van der Waals surface area contributed by atoms with E-state index >= 15 is 0 Å². The van der Waals surface area contributed by atoms with E-state index < -0.39 is 90.1 Å². The van der Waals surface area contributed by atoms with Gasteiger partial charge in [0.1, 0.15) is 23.6 Å². The van der Waals surface area contributed by atoms with Gasteiger partial charge >= 0.3 is 35.9 Å². The van der Waals surface area contributed by atoms with Crippen LogP contribution in [0.4, 0.5) is 4.79 Å². The predicted molar refractivity (Wildman–Crippen MR) is 178 cm³/mol. The highest BCUT2D eigenvalue weighted by atomic mass is 16.6. The quantitative estimate of drug-likeness (QED) is 0.130. The van der Waals surface area contributed by atoms with Crippen molar-refractivity contribution < 1.29 is 66.7 Å². The molecule has 1 fully saturated rings. The highest BCUT2D eigenvalue weighted by molar-refractivity contribution is 5.95. The maximum absolute atomic E-state index is 13.4. The van der Waals surface area contributed by atoms with Gasteiger partial charge in [0.15, 0.2) is 17.8 Å². The summed E-state index contributed by atoms with van der Waals surface area (Å²) in [4.78, 5) is 89.0. The van der Waals surface area contributed by atoms with Gasteiger partial charge in [0.2, 0.25) is 0 Å². The molecule has 1 aliphatic rings. The van der Waals surface area contributed by atoms with Crippen LogP contribution in [-0.2, 0) is 52.4 Å². The van der Waals surface area contributed by atoms with Gasteiger partial charge in [0.25, 0.3) is 5.91 Å². The van der Waals surface area contributed by atoms with Gasteiger partial charge in [-0.3, -0.25) is 24.0 Å². The zero-order chi connectivity index (χ0) is 38.8. The van der Waals surface area contributed by atoms with Crippen LogP contribution in [0.3, 0.4) is 0 Å². The maximum atomic E-state index is 13.4. The van der Waals surface area contributed by atoms with Crippen LogP contribution in [-0.4, -0.2) is 97.2 Å². The van der Waals surface area contributed by atoms with E-state index in [1.54, 1.807) is 34.6 Å². The first kappa shape index (κ1) is 42.2. The molecular formula is C35H48N2O14. The van der Waals surface area contributed by atoms with E-state index in [-0.39, 0.29) is 18.4 Å². The molecule has 2 N–H and O–H groups in total. The summed E-state index contributed by atoms with van der Waals surface area (Å²) < 4.78 is 39.0. The second-order valence-corrected chi connectivity index (χ2v) is 13.0. The topological polar surface area (TPSA) is 208 Å². The molecule has 1 saturated heterocycles. The molecule has 2 amide bonds. The van der Waals surface area contributed by atoms with Gasteiger partial charge in [-0.2, -0.15) is 0 Å². The Bertz CT molecular complexity index is 1490. The SMILES string of the molecule is C=CC[C@]1(C(=O)OC)C[C@H](OC(C)=O)[C@@H](NC(=O)OC(C)(C)C)[C@H]([C@H](OC(C)=O)C(CNC(=O)c2cc(C)c(OC(C)=O)c(C)c2)OC(C)=O)O1. The van der Waals surface area contributed by atoms with Crippen molar-refractivity contribution in [3.05, 3.63) is 41.5 Å². The highest BCUT2D eigenvalue weighted by Gasteiger charge is 2.58. The second kappa shape index (κ2) is 17.8. The number of amides is 2. The molecule has 6 atom stereocenters. The van der Waals surface area contributed by atoms with E-state index in [2.05, 4.69) is 17.2 Å². The van der Waals surface area contributed by atoms with E-state index in [0.717, 1.165) is 27.9 Å². The number of aryl methyl sites for hydroxylation is 2. The zero-order valence-corrected chi connectivity index (χ0v) is 30.7. The minimum absolute atomic E-state index is 0.163. The number of carbonyl (C=O) groups excluding carboxylic acids is 7. The standard InChI is InChI=1S/C35H48N2O14/c1-12-13-35(32(43)45-11)16-25(46-20(4)38)27(37-33(44)51-34(8,9)10)30(50-35)29(49-23(7)41)26(47-21(5)39)17-36-31(42)24-14-18(2)28(19(3)15-24)48-22(6)40/h12,14-15,25-27,29-30H,1,13,16-17H2,2-11H3,(H,36,42)(H,37,44)/t25-,26?,27+,29+,30+,35+/m0/s1. The van der Waals surface area contributed by atoms with Gasteiger partial charge in [-0.05, 0) is 57.9 Å². The van der Waals surface area contributed by atoms with Crippen molar-refractivity contribution in [2.45, 2.75) is 117 Å². The number of ether oxygens (including phenoxy) is 7. The summed E-state index contributed by atoms with van der Waals surface area (Å²) >= 11 is 0. The minimum atomic E-state index is -1.89. The molecule has 16 heteroatoms. The van der Waals surface area contributed by atoms with Crippen molar-refractivity contribution >= 4 is 41.8 Å². The third kappa shape index (κ3) is 12.1. The van der Waals surface area contributed by atoms with Crippen LogP contribution in [0.1, 0.15) is 82.8 Å². The van der Waals surface area contributed by atoms with Crippen LogP contribution in [0.5, 0.6) is 5.75 Å². The largest absolute Gasteiger partial charge is 0.467 e. The maximum Gasteiger partial charge on any atom is 0.408 e. The van der Waals surface area contributed by atoms with Crippen molar-refractivity contribution in [3.8, 4) is 5.75 Å². The van der Waals surface area contributed by atoms with Crippen LogP contribution < -0.4 is 15.4 Å². The van der Waals surface area contributed by atoms with Crippen molar-refractivity contribution in [2.75, 3.05) is 13.7 Å². The summed E-state index contributed by atoms with van der Waals surface area (Å²) in [6, 6.07) is 1.59. The Labute approximate surface area is 296 Å². The van der Waals surface area contributed by atoms with E-state index in [0.29, 0.717) is 16.9 Å². The van der Waals surface area contributed by atoms with Crippen LogP contribution in [0, 0.1) is 13.8 Å². The minimum Gasteiger partial charge on any atom is -0.467 e. The van der Waals surface area contributed by atoms with Gasteiger partial charge in [-0.25, -0.2) is 9.59 Å². The molecule has 1 aromatic carbocycles. The molecule has 0 aliphatic carbocycles. The summed E-state index contributed by atoms with van der Waals surface area (Å²) in [7, 11) is 1.11. The van der Waals surface area contributed by atoms with Crippen LogP contribution in [0.2, 0.25) is 0 Å². The summed E-state index contributed by atoms with van der Waals surface area (Å²) in [5, 5.41) is 5.25. The first-order valence-electron chi connectivity index (χ1n) is 16.1. The lowest BCUT2D eigenvalue weighted by Gasteiger charge is -2.49. The number of esters is 5. The third-order valence-corrected chi connectivity index (χ3v) is 7.42. The lowest BCUT2D eigenvalue weighted by molar-refractivity contribution is -0.238. The van der Waals surface area contributed by atoms with Gasteiger partial charge in [-0.1, -0.05) is 6.08 Å². The summed E-state index contributed by atoms with van der Waals surface area (Å²) in [5.41, 5.74) is -1.72. The first-order valence-corrected chi connectivity index (χ1v) is 16.1. The molecule has 0 spiro atoms. The molecule has 1 unspecified atom stereocenters. The molecule has 0 radical (unpaired) electrons. The molecule has 1 aliphatic heterocycles. The summed E-state index contributed by atoms with van der Waals surface area (Å²) in [6.45, 7) is 15.9. The van der Waals surface area contributed by atoms with Gasteiger partial charge < -0.3 is 43.8 Å². The Morgan fingerprint density at radius 2 is 1.55 bits per heavy atom. The van der Waals surface area contributed by atoms with E-state index in [1.807, 2.05) is 0 Å². The number of alkyl carbamates (subject to hydrolysis) is 1. The predicted octanol–water partition coefficient (Wildman–Crippen LogP) is 2.92. The van der Waals surface area contributed by atoms with Crippen molar-refractivity contribution in [3.63, 3.8) is 0 Å². The smallest absolute Gasteiger partial charge is 0.408 e. The number of carbonyl (C=O) groups is 7. The Kier molecular flexibility index (Phi) is 14.7. The third-order valence-electron chi connectivity index (χ3n) is 7.42. The summed E-state index contributed by atoms with van der Waals surface area (Å²) in [5.74, 6) is -4.31. The van der Waals surface area contributed by atoms with Crippen LogP contribution in [0.15, 0.2) is 24.8 Å². The number of methoxy groups -OCH3 is 1. The fraction of sp³-hybridized carbons (Fsp3) is 0.571. The van der Waals surface area contributed by atoms with E-state index in [1.165, 1.54) is 25.1 Å². The number of benzene rings is 1. The Morgan fingerprint density at radius 1 is 0.961 bits per heavy atom. The average molecular weight is 721 g/mol. The molecular weight excluding hydrogens is 672 g/mol. The van der Waals surface area contributed by atoms with Crippen molar-refractivity contribution in [1.29, 1.82) is 0 Å². The zero-order valence-electron chi connectivity index (χ0n) is 30.7. The van der Waals surface area contributed by atoms with Gasteiger partial charge in [0.05, 0.1) is 19.7 Å². The number of nitrogens with one attached hydrogen (secondary N) is 2. The molecule has 282 valence electrons. The molecule has 1 aromatic rings. The molecule has 51 heavy (non-hydrogen) atoms. The Balaban J connectivity index is 2.71.